The van der Waals surface area contributed by atoms with Gasteiger partial charge in [-0.05, 0) is 30.1 Å². The van der Waals surface area contributed by atoms with Gasteiger partial charge in [0.15, 0.2) is 0 Å². The first-order valence-electron chi connectivity index (χ1n) is 6.61. The molecule has 0 bridgehead atoms. The summed E-state index contributed by atoms with van der Waals surface area (Å²) in [6, 6.07) is 7.33. The summed E-state index contributed by atoms with van der Waals surface area (Å²) < 4.78 is 14.5. The number of rotatable bonds is 7. The number of benzene rings is 1. The summed E-state index contributed by atoms with van der Waals surface area (Å²) >= 11 is 1.11. The van der Waals surface area contributed by atoms with Crippen LogP contribution in [0.5, 0.6) is 11.5 Å². The Morgan fingerprint density at radius 3 is 2.95 bits per heavy atom. The summed E-state index contributed by atoms with van der Waals surface area (Å²) in [5, 5.41) is 6.71. The third kappa shape index (κ3) is 4.16. The third-order valence-corrected chi connectivity index (χ3v) is 3.56. The molecule has 0 saturated heterocycles. The lowest BCUT2D eigenvalue weighted by molar-refractivity contribution is 0.0950. The molecule has 0 saturated carbocycles. The van der Waals surface area contributed by atoms with Crippen LogP contribution in [0.2, 0.25) is 0 Å². The molecule has 0 aliphatic heterocycles. The highest BCUT2D eigenvalue weighted by atomic mass is 32.1. The van der Waals surface area contributed by atoms with Gasteiger partial charge >= 0.3 is 0 Å². The highest BCUT2D eigenvalue weighted by Gasteiger charge is 2.14. The van der Waals surface area contributed by atoms with E-state index in [2.05, 4.69) is 14.9 Å². The van der Waals surface area contributed by atoms with Gasteiger partial charge < -0.3 is 14.8 Å². The maximum atomic E-state index is 11.9. The topological polar surface area (TPSA) is 73.3 Å². The number of carbonyl (C=O) groups excluding carboxylic acids is 1. The van der Waals surface area contributed by atoms with Crippen LogP contribution in [-0.2, 0) is 6.42 Å². The first kappa shape index (κ1) is 15.2. The Morgan fingerprint density at radius 2 is 2.19 bits per heavy atom. The van der Waals surface area contributed by atoms with E-state index >= 15 is 0 Å². The number of nitrogens with zero attached hydrogens (tertiary/aromatic N) is 2. The van der Waals surface area contributed by atoms with Crippen molar-refractivity contribution >= 4 is 17.4 Å². The summed E-state index contributed by atoms with van der Waals surface area (Å²) in [6.07, 6.45) is 0.694. The van der Waals surface area contributed by atoms with E-state index in [1.165, 1.54) is 0 Å². The standard InChI is InChI=1S/C14H17N3O3S/c1-3-12-13(21-17-16-12)14(18)15-7-8-20-11-6-4-5-10(9-11)19-2/h4-6,9H,3,7-8H2,1-2H3,(H,15,18). The molecule has 0 unspecified atom stereocenters. The van der Waals surface area contributed by atoms with Crippen molar-refractivity contribution in [3.8, 4) is 11.5 Å². The number of aromatic nitrogens is 2. The highest BCUT2D eigenvalue weighted by Crippen LogP contribution is 2.18. The van der Waals surface area contributed by atoms with Crippen molar-refractivity contribution in [2.75, 3.05) is 20.3 Å². The average Bonchev–Trinajstić information content (AvgIpc) is 3.00. The molecule has 1 amide bonds. The van der Waals surface area contributed by atoms with E-state index in [1.54, 1.807) is 13.2 Å². The molecular weight excluding hydrogens is 290 g/mol. The molecule has 1 aromatic carbocycles. The van der Waals surface area contributed by atoms with Crippen LogP contribution >= 0.6 is 11.5 Å². The van der Waals surface area contributed by atoms with Crippen molar-refractivity contribution in [3.63, 3.8) is 0 Å². The van der Waals surface area contributed by atoms with Crippen LogP contribution in [0.25, 0.3) is 0 Å². The van der Waals surface area contributed by atoms with Gasteiger partial charge in [-0.1, -0.05) is 17.5 Å². The minimum atomic E-state index is -0.156. The summed E-state index contributed by atoms with van der Waals surface area (Å²) in [5.41, 5.74) is 0.728. The molecule has 1 aromatic heterocycles. The molecular formula is C14H17N3O3S. The number of methoxy groups -OCH3 is 1. The largest absolute Gasteiger partial charge is 0.497 e. The molecule has 2 aromatic rings. The van der Waals surface area contributed by atoms with Crippen LogP contribution in [0.3, 0.4) is 0 Å². The molecule has 21 heavy (non-hydrogen) atoms. The second-order valence-electron chi connectivity index (χ2n) is 4.19. The van der Waals surface area contributed by atoms with Gasteiger partial charge in [-0.25, -0.2) is 0 Å². The summed E-state index contributed by atoms with van der Waals surface area (Å²) in [4.78, 5) is 12.5. The second kappa shape index (κ2) is 7.58. The fourth-order valence-corrected chi connectivity index (χ4v) is 2.38. The quantitative estimate of drug-likeness (QED) is 0.791. The molecule has 0 aliphatic rings. The van der Waals surface area contributed by atoms with Gasteiger partial charge in [0.1, 0.15) is 23.0 Å². The van der Waals surface area contributed by atoms with Crippen LogP contribution in [-0.4, -0.2) is 35.8 Å². The van der Waals surface area contributed by atoms with Crippen molar-refractivity contribution in [2.24, 2.45) is 0 Å². The monoisotopic (exact) mass is 307 g/mol. The Bertz CT molecular complexity index is 601. The maximum absolute atomic E-state index is 11.9. The number of ether oxygens (including phenoxy) is 2. The zero-order valence-corrected chi connectivity index (χ0v) is 12.8. The highest BCUT2D eigenvalue weighted by molar-refractivity contribution is 7.08. The van der Waals surface area contributed by atoms with E-state index in [0.717, 1.165) is 23.0 Å². The smallest absolute Gasteiger partial charge is 0.265 e. The minimum absolute atomic E-state index is 0.156. The number of aryl methyl sites for hydroxylation is 1. The summed E-state index contributed by atoms with van der Waals surface area (Å²) in [5.74, 6) is 1.29. The van der Waals surface area contributed by atoms with Gasteiger partial charge in [-0.2, -0.15) is 0 Å². The number of amides is 1. The fourth-order valence-electron chi connectivity index (χ4n) is 1.72. The van der Waals surface area contributed by atoms with E-state index in [-0.39, 0.29) is 5.91 Å². The predicted molar refractivity (Wildman–Crippen MR) is 80.1 cm³/mol. The molecule has 112 valence electrons. The van der Waals surface area contributed by atoms with Crippen molar-refractivity contribution in [3.05, 3.63) is 34.8 Å². The first-order valence-corrected chi connectivity index (χ1v) is 7.38. The van der Waals surface area contributed by atoms with Gasteiger partial charge in [0, 0.05) is 6.07 Å². The lowest BCUT2D eigenvalue weighted by Gasteiger charge is -2.08. The van der Waals surface area contributed by atoms with Crippen molar-refractivity contribution in [1.82, 2.24) is 14.9 Å². The Kier molecular flexibility index (Phi) is 5.51. The van der Waals surface area contributed by atoms with Gasteiger partial charge in [0.2, 0.25) is 0 Å². The maximum Gasteiger partial charge on any atom is 0.265 e. The number of nitrogens with one attached hydrogen (secondary N) is 1. The number of hydrogen-bond donors (Lipinski definition) is 1. The molecule has 1 N–H and O–H groups in total. The average molecular weight is 307 g/mol. The molecule has 0 atom stereocenters. The lowest BCUT2D eigenvalue weighted by Crippen LogP contribution is -2.28. The molecule has 0 radical (unpaired) electrons. The van der Waals surface area contributed by atoms with Crippen LogP contribution in [0, 0.1) is 0 Å². The minimum Gasteiger partial charge on any atom is -0.497 e. The Balaban J connectivity index is 1.78. The van der Waals surface area contributed by atoms with E-state index < -0.39 is 0 Å². The Morgan fingerprint density at radius 1 is 1.38 bits per heavy atom. The molecule has 0 fully saturated rings. The normalized spacial score (nSPS) is 10.2. The zero-order chi connectivity index (χ0) is 15.1. The van der Waals surface area contributed by atoms with Crippen LogP contribution < -0.4 is 14.8 Å². The van der Waals surface area contributed by atoms with E-state index in [1.807, 2.05) is 25.1 Å². The zero-order valence-electron chi connectivity index (χ0n) is 12.0. The van der Waals surface area contributed by atoms with Crippen molar-refractivity contribution in [2.45, 2.75) is 13.3 Å². The summed E-state index contributed by atoms with van der Waals surface area (Å²) in [6.45, 7) is 2.74. The van der Waals surface area contributed by atoms with Gasteiger partial charge in [-0.15, -0.1) is 5.10 Å². The lowest BCUT2D eigenvalue weighted by atomic mass is 10.3. The van der Waals surface area contributed by atoms with Crippen LogP contribution in [0.1, 0.15) is 22.3 Å². The SMILES string of the molecule is CCc1nnsc1C(=O)NCCOc1cccc(OC)c1. The molecule has 6 nitrogen and oxygen atoms in total. The molecule has 7 heteroatoms. The van der Waals surface area contributed by atoms with Gasteiger partial charge in [0.05, 0.1) is 19.3 Å². The molecule has 0 aliphatic carbocycles. The summed E-state index contributed by atoms with van der Waals surface area (Å²) in [7, 11) is 1.60. The fraction of sp³-hybridized carbons (Fsp3) is 0.357. The number of carbonyl (C=O) groups is 1. The van der Waals surface area contributed by atoms with E-state index in [9.17, 15) is 4.79 Å². The predicted octanol–water partition coefficient (Wildman–Crippen LogP) is 1.92. The van der Waals surface area contributed by atoms with Gasteiger partial charge in [-0.3, -0.25) is 4.79 Å². The van der Waals surface area contributed by atoms with Crippen molar-refractivity contribution < 1.29 is 14.3 Å². The Hall–Kier alpha value is -2.15. The van der Waals surface area contributed by atoms with Crippen LogP contribution in [0.4, 0.5) is 0 Å². The number of hydrogen-bond acceptors (Lipinski definition) is 6. The van der Waals surface area contributed by atoms with Crippen LogP contribution in [0.15, 0.2) is 24.3 Å². The third-order valence-electron chi connectivity index (χ3n) is 2.79. The van der Waals surface area contributed by atoms with E-state index in [4.69, 9.17) is 9.47 Å². The molecule has 0 spiro atoms. The van der Waals surface area contributed by atoms with Gasteiger partial charge in [0.25, 0.3) is 5.91 Å². The van der Waals surface area contributed by atoms with Crippen molar-refractivity contribution in [1.29, 1.82) is 0 Å². The molecule has 2 rings (SSSR count). The molecule has 1 heterocycles. The second-order valence-corrected chi connectivity index (χ2v) is 4.94. The first-order chi connectivity index (χ1) is 10.2. The van der Waals surface area contributed by atoms with E-state index in [0.29, 0.717) is 30.2 Å². The Labute approximate surface area is 127 Å².